The molecular weight excluding hydrogens is 793 g/mol. The maximum atomic E-state index is 12.8. The maximum absolute atomic E-state index is 12.8. The Bertz CT molecular complexity index is 1040. The second kappa shape index (κ2) is 53.5. The van der Waals surface area contributed by atoms with Crippen LogP contribution in [0.1, 0.15) is 310 Å². The van der Waals surface area contributed by atoms with Crippen LogP contribution in [0.25, 0.3) is 0 Å². The van der Waals surface area contributed by atoms with Crippen molar-refractivity contribution in [3.63, 3.8) is 0 Å². The Morgan fingerprint density at radius 2 is 0.516 bits per heavy atom. The van der Waals surface area contributed by atoms with Gasteiger partial charge in [-0.25, -0.2) is 0 Å². The summed E-state index contributed by atoms with van der Waals surface area (Å²) in [6, 6.07) is 0. The van der Waals surface area contributed by atoms with Gasteiger partial charge in [0.1, 0.15) is 13.2 Å². The number of esters is 3. The standard InChI is InChI=1S/C58H108O6/c1-4-7-10-13-16-19-22-25-28-29-30-31-34-36-39-42-45-48-51-57(60)63-54-55(64-58(61)52-49-46-43-40-37-33-27-24-21-18-15-12-9-6-3)53-62-56(59)50-47-44-41-38-35-32-26-23-20-17-14-11-8-5-2/h32-33,35,37,55H,4-31,34,36,38-54H2,1-3H3/b35-32-,37-33-. The molecule has 1 atom stereocenters. The molecule has 0 aliphatic carbocycles. The molecule has 0 bridgehead atoms. The fraction of sp³-hybridized carbons (Fsp3) is 0.879. The normalized spacial score (nSPS) is 12.1. The predicted molar refractivity (Wildman–Crippen MR) is 275 cm³/mol. The van der Waals surface area contributed by atoms with Gasteiger partial charge in [0.05, 0.1) is 0 Å². The predicted octanol–water partition coefficient (Wildman–Crippen LogP) is 18.7. The van der Waals surface area contributed by atoms with Gasteiger partial charge >= 0.3 is 17.9 Å². The molecule has 0 aliphatic rings. The van der Waals surface area contributed by atoms with Crippen molar-refractivity contribution in [1.29, 1.82) is 0 Å². The Labute approximate surface area is 398 Å². The third-order valence-electron chi connectivity index (χ3n) is 12.7. The van der Waals surface area contributed by atoms with Gasteiger partial charge in [-0.05, 0) is 70.6 Å². The average Bonchev–Trinajstić information content (AvgIpc) is 3.29. The van der Waals surface area contributed by atoms with E-state index in [0.29, 0.717) is 19.3 Å². The molecule has 6 heteroatoms. The van der Waals surface area contributed by atoms with E-state index in [9.17, 15) is 14.4 Å². The fourth-order valence-corrected chi connectivity index (χ4v) is 8.37. The third kappa shape index (κ3) is 50.9. The van der Waals surface area contributed by atoms with E-state index >= 15 is 0 Å². The van der Waals surface area contributed by atoms with E-state index < -0.39 is 6.10 Å². The monoisotopic (exact) mass is 901 g/mol. The number of ether oxygens (including phenoxy) is 3. The highest BCUT2D eigenvalue weighted by molar-refractivity contribution is 5.71. The first kappa shape index (κ1) is 61.9. The maximum Gasteiger partial charge on any atom is 0.306 e. The lowest BCUT2D eigenvalue weighted by molar-refractivity contribution is -0.167. The summed E-state index contributed by atoms with van der Waals surface area (Å²) >= 11 is 0. The summed E-state index contributed by atoms with van der Waals surface area (Å²) in [5.41, 5.74) is 0. The van der Waals surface area contributed by atoms with Gasteiger partial charge in [-0.3, -0.25) is 14.4 Å². The molecular formula is C58H108O6. The Kier molecular flexibility index (Phi) is 51.7. The van der Waals surface area contributed by atoms with E-state index in [1.807, 2.05) is 0 Å². The van der Waals surface area contributed by atoms with Crippen LogP contribution in [0, 0.1) is 0 Å². The van der Waals surface area contributed by atoms with E-state index in [1.165, 1.54) is 186 Å². The summed E-state index contributed by atoms with van der Waals surface area (Å²) in [4.78, 5) is 38.1. The Hall–Kier alpha value is -2.11. The van der Waals surface area contributed by atoms with Crippen molar-refractivity contribution in [3.05, 3.63) is 24.3 Å². The lowest BCUT2D eigenvalue weighted by Crippen LogP contribution is -2.30. The van der Waals surface area contributed by atoms with Crippen LogP contribution in [0.15, 0.2) is 24.3 Å². The molecule has 1 unspecified atom stereocenters. The Morgan fingerprint density at radius 3 is 0.797 bits per heavy atom. The van der Waals surface area contributed by atoms with Crippen molar-refractivity contribution in [2.24, 2.45) is 0 Å². The molecule has 0 radical (unpaired) electrons. The van der Waals surface area contributed by atoms with Crippen molar-refractivity contribution >= 4 is 17.9 Å². The van der Waals surface area contributed by atoms with Crippen LogP contribution in [-0.4, -0.2) is 37.2 Å². The van der Waals surface area contributed by atoms with Gasteiger partial charge in [0.2, 0.25) is 0 Å². The highest BCUT2D eigenvalue weighted by Gasteiger charge is 2.19. The average molecular weight is 901 g/mol. The van der Waals surface area contributed by atoms with E-state index in [4.69, 9.17) is 14.2 Å². The van der Waals surface area contributed by atoms with Crippen molar-refractivity contribution in [1.82, 2.24) is 0 Å². The molecule has 376 valence electrons. The zero-order chi connectivity index (χ0) is 46.5. The van der Waals surface area contributed by atoms with Crippen LogP contribution in [-0.2, 0) is 28.6 Å². The number of rotatable bonds is 52. The van der Waals surface area contributed by atoms with Gasteiger partial charge in [0.15, 0.2) is 6.10 Å². The Morgan fingerprint density at radius 1 is 0.297 bits per heavy atom. The lowest BCUT2D eigenvalue weighted by Gasteiger charge is -2.18. The third-order valence-corrected chi connectivity index (χ3v) is 12.7. The minimum Gasteiger partial charge on any atom is -0.462 e. The molecule has 0 fully saturated rings. The number of allylic oxidation sites excluding steroid dienone is 4. The van der Waals surface area contributed by atoms with Crippen LogP contribution in [0.3, 0.4) is 0 Å². The van der Waals surface area contributed by atoms with Gasteiger partial charge in [-0.2, -0.15) is 0 Å². The van der Waals surface area contributed by atoms with E-state index in [1.54, 1.807) is 0 Å². The van der Waals surface area contributed by atoms with Gasteiger partial charge < -0.3 is 14.2 Å². The van der Waals surface area contributed by atoms with Gasteiger partial charge in [-0.15, -0.1) is 0 Å². The highest BCUT2D eigenvalue weighted by atomic mass is 16.6. The van der Waals surface area contributed by atoms with Gasteiger partial charge in [0.25, 0.3) is 0 Å². The highest BCUT2D eigenvalue weighted by Crippen LogP contribution is 2.16. The SMILES string of the molecule is CCCCCCCCC/C=C\CCCCCC(=O)OCC(COC(=O)CCCCCCCCCCCCCCCCCCCC)OC(=O)CCCCC/C=C\CCCCCCCCC. The lowest BCUT2D eigenvalue weighted by atomic mass is 10.0. The molecule has 0 rings (SSSR count). The number of carbonyl (C=O) groups is 3. The molecule has 64 heavy (non-hydrogen) atoms. The molecule has 0 saturated carbocycles. The zero-order valence-corrected chi connectivity index (χ0v) is 43.1. The van der Waals surface area contributed by atoms with Gasteiger partial charge in [0, 0.05) is 19.3 Å². The first-order valence-corrected chi connectivity index (χ1v) is 28.3. The number of carbonyl (C=O) groups excluding carboxylic acids is 3. The molecule has 6 nitrogen and oxygen atoms in total. The number of hydrogen-bond acceptors (Lipinski definition) is 6. The second-order valence-corrected chi connectivity index (χ2v) is 19.2. The van der Waals surface area contributed by atoms with Gasteiger partial charge in [-0.1, -0.05) is 244 Å². The topological polar surface area (TPSA) is 78.9 Å². The second-order valence-electron chi connectivity index (χ2n) is 19.2. The molecule has 0 aromatic carbocycles. The van der Waals surface area contributed by atoms with Crippen LogP contribution >= 0.6 is 0 Å². The summed E-state index contributed by atoms with van der Waals surface area (Å²) in [6.45, 7) is 6.65. The van der Waals surface area contributed by atoms with Crippen molar-refractivity contribution in [2.75, 3.05) is 13.2 Å². The smallest absolute Gasteiger partial charge is 0.306 e. The van der Waals surface area contributed by atoms with Crippen LogP contribution < -0.4 is 0 Å². The zero-order valence-electron chi connectivity index (χ0n) is 43.1. The van der Waals surface area contributed by atoms with Crippen LogP contribution in [0.4, 0.5) is 0 Å². The summed E-state index contributed by atoms with van der Waals surface area (Å²) in [5.74, 6) is -0.892. The molecule has 0 spiro atoms. The minimum atomic E-state index is -0.781. The first-order chi connectivity index (χ1) is 31.5. The van der Waals surface area contributed by atoms with Crippen molar-refractivity contribution in [2.45, 2.75) is 316 Å². The fourth-order valence-electron chi connectivity index (χ4n) is 8.37. The first-order valence-electron chi connectivity index (χ1n) is 28.3. The molecule has 0 heterocycles. The van der Waals surface area contributed by atoms with Crippen LogP contribution in [0.5, 0.6) is 0 Å². The Balaban J connectivity index is 4.34. The van der Waals surface area contributed by atoms with Crippen molar-refractivity contribution in [3.8, 4) is 0 Å². The summed E-state index contributed by atoms with van der Waals surface area (Å²) in [6.07, 6.45) is 61.7. The molecule has 0 N–H and O–H groups in total. The van der Waals surface area contributed by atoms with E-state index in [-0.39, 0.29) is 31.1 Å². The van der Waals surface area contributed by atoms with Crippen molar-refractivity contribution < 1.29 is 28.6 Å². The number of hydrogen-bond donors (Lipinski definition) is 0. The minimum absolute atomic E-state index is 0.0778. The summed E-state index contributed by atoms with van der Waals surface area (Å²) < 4.78 is 16.8. The quantitative estimate of drug-likeness (QED) is 0.0262. The molecule has 0 saturated heterocycles. The molecule has 0 amide bonds. The summed E-state index contributed by atoms with van der Waals surface area (Å²) in [7, 11) is 0. The number of unbranched alkanes of at least 4 members (excludes halogenated alkanes) is 37. The van der Waals surface area contributed by atoms with E-state index in [2.05, 4.69) is 45.1 Å². The molecule has 0 aromatic rings. The largest absolute Gasteiger partial charge is 0.462 e. The molecule has 0 aliphatic heterocycles. The molecule has 0 aromatic heterocycles. The van der Waals surface area contributed by atoms with E-state index in [0.717, 1.165) is 83.5 Å². The summed E-state index contributed by atoms with van der Waals surface area (Å²) in [5, 5.41) is 0. The van der Waals surface area contributed by atoms with Crippen LogP contribution in [0.2, 0.25) is 0 Å².